The van der Waals surface area contributed by atoms with Crippen LogP contribution in [0.4, 0.5) is 0 Å². The predicted molar refractivity (Wildman–Crippen MR) is 259 cm³/mol. The summed E-state index contributed by atoms with van der Waals surface area (Å²) in [6, 6.07) is -0.719. The molecule has 6 heteroatoms. The first-order valence-electron chi connectivity index (χ1n) is 25.6. The van der Waals surface area contributed by atoms with Crippen molar-refractivity contribution in [3.63, 3.8) is 0 Å². The van der Waals surface area contributed by atoms with Gasteiger partial charge in [0.05, 0.1) is 25.2 Å². The average molecular weight is 840 g/mol. The number of hydrogen-bond donors (Lipinski definition) is 3. The molecule has 0 aromatic carbocycles. The van der Waals surface area contributed by atoms with Gasteiger partial charge in [0.25, 0.3) is 0 Å². The normalized spacial score (nSPS) is 13.8. The van der Waals surface area contributed by atoms with Gasteiger partial charge in [-0.2, -0.15) is 0 Å². The summed E-state index contributed by atoms with van der Waals surface area (Å²) in [5, 5.41) is 23.7. The number of aliphatic hydroxyl groups excluding tert-OH is 2. The van der Waals surface area contributed by atoms with E-state index in [-0.39, 0.29) is 24.9 Å². The Balaban J connectivity index is 4.67. The summed E-state index contributed by atoms with van der Waals surface area (Å²) in [6.45, 7) is 6.33. The zero-order valence-corrected chi connectivity index (χ0v) is 39.6. The van der Waals surface area contributed by atoms with Crippen molar-refractivity contribution >= 4 is 11.9 Å². The number of esters is 1. The van der Waals surface area contributed by atoms with Gasteiger partial charge in [-0.05, 0) is 64.2 Å². The van der Waals surface area contributed by atoms with Crippen molar-refractivity contribution < 1.29 is 24.5 Å². The predicted octanol–water partition coefficient (Wildman–Crippen LogP) is 15.2. The van der Waals surface area contributed by atoms with Crippen LogP contribution in [0.2, 0.25) is 0 Å². The van der Waals surface area contributed by atoms with Crippen molar-refractivity contribution in [3.8, 4) is 0 Å². The Kier molecular flexibility index (Phi) is 45.7. The Hall–Kier alpha value is -2.44. The molecule has 3 unspecified atom stereocenters. The summed E-state index contributed by atoms with van der Waals surface area (Å²) in [4.78, 5) is 26.1. The first kappa shape index (κ1) is 57.6. The maximum absolute atomic E-state index is 13.2. The molecule has 0 saturated heterocycles. The van der Waals surface area contributed by atoms with Crippen LogP contribution in [0.1, 0.15) is 245 Å². The van der Waals surface area contributed by atoms with Gasteiger partial charge in [0.1, 0.15) is 6.10 Å². The number of carbonyl (C=O) groups excluding carboxylic acids is 2. The van der Waals surface area contributed by atoms with Gasteiger partial charge in [-0.25, -0.2) is 0 Å². The highest BCUT2D eigenvalue weighted by molar-refractivity contribution is 5.77. The molecule has 0 radical (unpaired) electrons. The molecule has 0 bridgehead atoms. The van der Waals surface area contributed by atoms with E-state index in [1.54, 1.807) is 0 Å². The minimum Gasteiger partial charge on any atom is -0.462 e. The molecule has 3 atom stereocenters. The van der Waals surface area contributed by atoms with Crippen LogP contribution in [0.25, 0.3) is 0 Å². The number of rotatable bonds is 45. The monoisotopic (exact) mass is 840 g/mol. The number of nitrogens with one attached hydrogen (secondary N) is 1. The molecule has 0 aliphatic heterocycles. The fraction of sp³-hybridized carbons (Fsp3) is 0.778. The minimum atomic E-state index is -0.802. The highest BCUT2D eigenvalue weighted by atomic mass is 16.5. The molecule has 60 heavy (non-hydrogen) atoms. The van der Waals surface area contributed by atoms with Crippen molar-refractivity contribution in [2.24, 2.45) is 0 Å². The highest BCUT2D eigenvalue weighted by Crippen LogP contribution is 2.17. The largest absolute Gasteiger partial charge is 0.462 e. The minimum absolute atomic E-state index is 0.0387. The van der Waals surface area contributed by atoms with Crippen LogP contribution >= 0.6 is 0 Å². The smallest absolute Gasteiger partial charge is 0.306 e. The van der Waals surface area contributed by atoms with E-state index in [9.17, 15) is 19.8 Å². The molecule has 6 nitrogen and oxygen atoms in total. The third kappa shape index (κ3) is 42.3. The number of amides is 1. The second-order valence-corrected chi connectivity index (χ2v) is 17.3. The first-order valence-corrected chi connectivity index (χ1v) is 25.6. The Morgan fingerprint density at radius 3 is 1.40 bits per heavy atom. The van der Waals surface area contributed by atoms with E-state index in [1.165, 1.54) is 128 Å². The lowest BCUT2D eigenvalue weighted by Gasteiger charge is -2.24. The van der Waals surface area contributed by atoms with Gasteiger partial charge in [-0.15, -0.1) is 0 Å². The molecule has 0 spiro atoms. The Morgan fingerprint density at radius 2 is 0.917 bits per heavy atom. The molecule has 348 valence electrons. The second-order valence-electron chi connectivity index (χ2n) is 17.3. The van der Waals surface area contributed by atoms with Gasteiger partial charge in [0, 0.05) is 6.42 Å². The maximum Gasteiger partial charge on any atom is 0.306 e. The van der Waals surface area contributed by atoms with Crippen LogP contribution in [-0.4, -0.2) is 46.9 Å². The fourth-order valence-electron chi connectivity index (χ4n) is 7.54. The lowest BCUT2D eigenvalue weighted by atomic mass is 10.0. The van der Waals surface area contributed by atoms with Gasteiger partial charge in [0.15, 0.2) is 0 Å². The first-order chi connectivity index (χ1) is 29.5. The van der Waals surface area contributed by atoms with Crippen molar-refractivity contribution in [1.82, 2.24) is 5.32 Å². The van der Waals surface area contributed by atoms with Gasteiger partial charge in [0.2, 0.25) is 5.91 Å². The standard InChI is InChI=1S/C54H97NO5/c1-4-7-10-13-16-19-22-25-27-29-32-35-38-41-44-47-54(59)60-50(45-42-39-36-33-30-28-26-23-20-17-14-11-8-5-2)48-53(58)55-51(49-56)52(57)46-43-40-37-34-31-24-21-18-15-12-9-6-3/h7,10,13,16,19,22,28,30,33,36,50-52,56-57H,4-6,8-9,11-12,14-15,17-18,20-21,23-27,29,31-32,34-35,37-49H2,1-3H3,(H,55,58)/b10-7+,16-13+,22-19+,30-28+,36-33+. The molecule has 0 heterocycles. The summed E-state index contributed by atoms with van der Waals surface area (Å²) < 4.78 is 5.90. The van der Waals surface area contributed by atoms with Crippen LogP contribution in [0, 0.1) is 0 Å². The molecule has 0 aliphatic carbocycles. The molecule has 0 saturated carbocycles. The van der Waals surface area contributed by atoms with E-state index in [0.717, 1.165) is 70.6 Å². The topological polar surface area (TPSA) is 95.9 Å². The molecule has 0 aromatic heterocycles. The summed E-state index contributed by atoms with van der Waals surface area (Å²) in [5.41, 5.74) is 0. The number of hydrogen-bond acceptors (Lipinski definition) is 5. The molecule has 0 aromatic rings. The quantitative estimate of drug-likeness (QED) is 0.0322. The molecule has 1 amide bonds. The number of unbranched alkanes of at least 4 members (excludes halogenated alkanes) is 26. The van der Waals surface area contributed by atoms with E-state index < -0.39 is 18.2 Å². The number of ether oxygens (including phenoxy) is 1. The van der Waals surface area contributed by atoms with Gasteiger partial charge in [-0.1, -0.05) is 229 Å². The van der Waals surface area contributed by atoms with Gasteiger partial charge >= 0.3 is 5.97 Å². The van der Waals surface area contributed by atoms with E-state index in [0.29, 0.717) is 19.3 Å². The van der Waals surface area contributed by atoms with Crippen LogP contribution in [-0.2, 0) is 14.3 Å². The number of aliphatic hydroxyl groups is 2. The van der Waals surface area contributed by atoms with Crippen LogP contribution in [0.3, 0.4) is 0 Å². The highest BCUT2D eigenvalue weighted by Gasteiger charge is 2.24. The number of carbonyl (C=O) groups is 2. The van der Waals surface area contributed by atoms with Gasteiger partial charge in [-0.3, -0.25) is 9.59 Å². The molecular formula is C54H97NO5. The Labute approximate surface area is 371 Å². The van der Waals surface area contributed by atoms with Crippen molar-refractivity contribution in [1.29, 1.82) is 0 Å². The molecule has 3 N–H and O–H groups in total. The average Bonchev–Trinajstić information content (AvgIpc) is 3.24. The zero-order chi connectivity index (χ0) is 43.8. The van der Waals surface area contributed by atoms with Gasteiger partial charge < -0.3 is 20.3 Å². The summed E-state index contributed by atoms with van der Waals surface area (Å²) in [5.74, 6) is -0.533. The molecule has 0 fully saturated rings. The summed E-state index contributed by atoms with van der Waals surface area (Å²) in [6.07, 6.45) is 58.5. The zero-order valence-electron chi connectivity index (χ0n) is 39.6. The van der Waals surface area contributed by atoms with E-state index in [2.05, 4.69) is 86.8 Å². The summed E-state index contributed by atoms with van der Waals surface area (Å²) >= 11 is 0. The van der Waals surface area contributed by atoms with Crippen LogP contribution in [0.15, 0.2) is 60.8 Å². The lowest BCUT2D eigenvalue weighted by Crippen LogP contribution is -2.46. The van der Waals surface area contributed by atoms with E-state index >= 15 is 0 Å². The third-order valence-corrected chi connectivity index (χ3v) is 11.4. The Bertz CT molecular complexity index is 1080. The van der Waals surface area contributed by atoms with Crippen LogP contribution in [0.5, 0.6) is 0 Å². The van der Waals surface area contributed by atoms with E-state index in [1.807, 2.05) is 0 Å². The molecular weight excluding hydrogens is 743 g/mol. The fourth-order valence-corrected chi connectivity index (χ4v) is 7.54. The second kappa shape index (κ2) is 47.6. The SMILES string of the molecule is CC/C=C/C=C/C=C/CCCCCCCCCC(=O)OC(CCC/C=C/C=C/CCCCCCCCC)CC(=O)NC(CO)C(O)CCCCCCCCCCCCCC. The number of allylic oxidation sites excluding steroid dienone is 10. The summed E-state index contributed by atoms with van der Waals surface area (Å²) in [7, 11) is 0. The van der Waals surface area contributed by atoms with Crippen molar-refractivity contribution in [3.05, 3.63) is 60.8 Å². The van der Waals surface area contributed by atoms with Crippen LogP contribution < -0.4 is 5.32 Å². The third-order valence-electron chi connectivity index (χ3n) is 11.4. The Morgan fingerprint density at radius 1 is 0.500 bits per heavy atom. The maximum atomic E-state index is 13.2. The van der Waals surface area contributed by atoms with Crippen molar-refractivity contribution in [2.75, 3.05) is 6.61 Å². The molecule has 0 aliphatic rings. The van der Waals surface area contributed by atoms with E-state index in [4.69, 9.17) is 4.74 Å². The van der Waals surface area contributed by atoms with Crippen molar-refractivity contribution in [2.45, 2.75) is 264 Å². The molecule has 0 rings (SSSR count). The lowest BCUT2D eigenvalue weighted by molar-refractivity contribution is -0.151.